The molecule has 0 saturated carbocycles. The van der Waals surface area contributed by atoms with E-state index in [-0.39, 0.29) is 0 Å². The van der Waals surface area contributed by atoms with Crippen LogP contribution in [0.1, 0.15) is 26.2 Å². The molecule has 0 aliphatic carbocycles. The van der Waals surface area contributed by atoms with Gasteiger partial charge < -0.3 is 4.74 Å². The summed E-state index contributed by atoms with van der Waals surface area (Å²) in [5.41, 5.74) is 3.43. The van der Waals surface area contributed by atoms with Crippen molar-refractivity contribution in [3.05, 3.63) is 64.8 Å². The largest absolute Gasteiger partial charge is 0.477 e. The highest BCUT2D eigenvalue weighted by Gasteiger charge is 2.13. The first kappa shape index (κ1) is 18.7. The van der Waals surface area contributed by atoms with Crippen LogP contribution in [0.15, 0.2) is 54.7 Å². The van der Waals surface area contributed by atoms with Gasteiger partial charge in [-0.2, -0.15) is 0 Å². The molecule has 0 bridgehead atoms. The monoisotopic (exact) mass is 386 g/mol. The number of aromatic nitrogens is 2. The molecule has 0 atom stereocenters. The molecule has 0 aliphatic rings. The Morgan fingerprint density at radius 2 is 1.38 bits per heavy atom. The number of nitrogens with zero attached hydrogens (tertiary/aromatic N) is 2. The van der Waals surface area contributed by atoms with Crippen LogP contribution in [0.4, 0.5) is 0 Å². The van der Waals surface area contributed by atoms with E-state index in [1.54, 1.807) is 6.20 Å². The van der Waals surface area contributed by atoms with Crippen LogP contribution in [0.2, 0.25) is 10.0 Å². The fourth-order valence-corrected chi connectivity index (χ4v) is 2.85. The lowest BCUT2D eigenvalue weighted by Gasteiger charge is -2.11. The van der Waals surface area contributed by atoms with Crippen molar-refractivity contribution in [1.82, 2.24) is 9.97 Å². The summed E-state index contributed by atoms with van der Waals surface area (Å²) in [6.07, 6.45) is 4.98. The average molecular weight is 387 g/mol. The van der Waals surface area contributed by atoms with Crippen molar-refractivity contribution in [3.8, 4) is 28.4 Å². The maximum Gasteiger partial charge on any atom is 0.232 e. The predicted octanol–water partition coefficient (Wildman–Crippen LogP) is 6.69. The van der Waals surface area contributed by atoms with Gasteiger partial charge in [0, 0.05) is 21.2 Å². The number of ether oxygens (including phenoxy) is 1. The molecular formula is C21H20Cl2N2O. The molecule has 26 heavy (non-hydrogen) atoms. The lowest BCUT2D eigenvalue weighted by molar-refractivity contribution is 0.294. The normalized spacial score (nSPS) is 10.7. The molecule has 1 heterocycles. The van der Waals surface area contributed by atoms with Crippen LogP contribution in [-0.2, 0) is 0 Å². The number of benzene rings is 2. The minimum Gasteiger partial charge on any atom is -0.477 e. The topological polar surface area (TPSA) is 35.0 Å². The van der Waals surface area contributed by atoms with Crippen LogP contribution in [0.25, 0.3) is 22.5 Å². The predicted molar refractivity (Wildman–Crippen MR) is 108 cm³/mol. The molecule has 1 aromatic heterocycles. The molecule has 134 valence electrons. The third kappa shape index (κ3) is 4.75. The summed E-state index contributed by atoms with van der Waals surface area (Å²) in [6, 6.07) is 15.1. The van der Waals surface area contributed by atoms with Gasteiger partial charge in [-0.05, 0) is 30.7 Å². The summed E-state index contributed by atoms with van der Waals surface area (Å²) in [4.78, 5) is 9.32. The first-order chi connectivity index (χ1) is 12.7. The summed E-state index contributed by atoms with van der Waals surface area (Å²) < 4.78 is 5.78. The summed E-state index contributed by atoms with van der Waals surface area (Å²) in [5, 5.41) is 1.37. The van der Waals surface area contributed by atoms with Gasteiger partial charge in [-0.25, -0.2) is 9.97 Å². The summed E-state index contributed by atoms with van der Waals surface area (Å²) in [7, 11) is 0. The summed E-state index contributed by atoms with van der Waals surface area (Å²) >= 11 is 12.0. The van der Waals surface area contributed by atoms with Gasteiger partial charge in [-0.15, -0.1) is 0 Å². The van der Waals surface area contributed by atoms with Crippen molar-refractivity contribution in [1.29, 1.82) is 0 Å². The zero-order valence-corrected chi connectivity index (χ0v) is 16.1. The third-order valence-corrected chi connectivity index (χ3v) is 4.49. The molecule has 0 saturated heterocycles. The first-order valence-corrected chi connectivity index (χ1v) is 9.44. The van der Waals surface area contributed by atoms with Gasteiger partial charge in [0.2, 0.25) is 5.88 Å². The summed E-state index contributed by atoms with van der Waals surface area (Å²) in [5.74, 6) is 0.531. The van der Waals surface area contributed by atoms with E-state index in [0.717, 1.165) is 41.8 Å². The Balaban J connectivity index is 1.97. The van der Waals surface area contributed by atoms with Gasteiger partial charge in [0.05, 0.1) is 18.5 Å². The van der Waals surface area contributed by atoms with Gasteiger partial charge in [-0.3, -0.25) is 0 Å². The molecule has 2 aromatic carbocycles. The van der Waals surface area contributed by atoms with E-state index < -0.39 is 0 Å². The van der Waals surface area contributed by atoms with E-state index in [4.69, 9.17) is 32.9 Å². The van der Waals surface area contributed by atoms with E-state index in [0.29, 0.717) is 22.5 Å². The van der Waals surface area contributed by atoms with Crippen LogP contribution in [0, 0.1) is 0 Å². The molecule has 3 nitrogen and oxygen atoms in total. The Bertz CT molecular complexity index is 849. The molecular weight excluding hydrogens is 367 g/mol. The molecule has 0 radical (unpaired) electrons. The number of unbranched alkanes of at least 4 members (excludes halogenated alkanes) is 2. The van der Waals surface area contributed by atoms with Crippen LogP contribution < -0.4 is 4.74 Å². The van der Waals surface area contributed by atoms with Crippen molar-refractivity contribution in [2.24, 2.45) is 0 Å². The van der Waals surface area contributed by atoms with E-state index >= 15 is 0 Å². The maximum absolute atomic E-state index is 6.03. The third-order valence-electron chi connectivity index (χ3n) is 3.98. The molecule has 0 aliphatic heterocycles. The Labute approximate surface area is 164 Å². The minimum absolute atomic E-state index is 0.531. The summed E-state index contributed by atoms with van der Waals surface area (Å²) in [6.45, 7) is 2.81. The Morgan fingerprint density at radius 3 is 1.96 bits per heavy atom. The van der Waals surface area contributed by atoms with Gasteiger partial charge >= 0.3 is 0 Å². The molecule has 0 spiro atoms. The van der Waals surface area contributed by atoms with Gasteiger partial charge in [0.25, 0.3) is 0 Å². The maximum atomic E-state index is 6.03. The first-order valence-electron chi connectivity index (χ1n) is 8.69. The highest BCUT2D eigenvalue weighted by Crippen LogP contribution is 2.31. The van der Waals surface area contributed by atoms with Crippen LogP contribution in [0.3, 0.4) is 0 Å². The zero-order valence-electron chi connectivity index (χ0n) is 14.6. The Kier molecular flexibility index (Phi) is 6.48. The molecule has 0 amide bonds. The van der Waals surface area contributed by atoms with Crippen LogP contribution in [0.5, 0.6) is 5.88 Å². The fourth-order valence-electron chi connectivity index (χ4n) is 2.60. The highest BCUT2D eigenvalue weighted by atomic mass is 35.5. The van der Waals surface area contributed by atoms with Gasteiger partial charge in [0.15, 0.2) is 0 Å². The number of hydrogen-bond acceptors (Lipinski definition) is 3. The quantitative estimate of drug-likeness (QED) is 0.424. The van der Waals surface area contributed by atoms with Crippen molar-refractivity contribution in [2.45, 2.75) is 26.2 Å². The van der Waals surface area contributed by atoms with Crippen molar-refractivity contribution < 1.29 is 4.74 Å². The number of halogens is 2. The van der Waals surface area contributed by atoms with Gasteiger partial charge in [0.1, 0.15) is 5.69 Å². The molecule has 0 N–H and O–H groups in total. The standard InChI is InChI=1S/C21H20Cl2N2O/c1-2-3-4-13-26-19-14-24-20(15-5-9-17(22)10-6-15)21(25-19)16-7-11-18(23)12-8-16/h5-12,14H,2-4,13H2,1H3. The fraction of sp³-hybridized carbons (Fsp3) is 0.238. The average Bonchev–Trinajstić information content (AvgIpc) is 2.67. The minimum atomic E-state index is 0.531. The Morgan fingerprint density at radius 1 is 0.808 bits per heavy atom. The van der Waals surface area contributed by atoms with Crippen LogP contribution >= 0.6 is 23.2 Å². The lowest BCUT2D eigenvalue weighted by atomic mass is 10.0. The molecule has 5 heteroatoms. The highest BCUT2D eigenvalue weighted by molar-refractivity contribution is 6.31. The van der Waals surface area contributed by atoms with E-state index in [1.807, 2.05) is 48.5 Å². The second kappa shape index (κ2) is 9.02. The van der Waals surface area contributed by atoms with Gasteiger partial charge in [-0.1, -0.05) is 67.2 Å². The molecule has 3 aromatic rings. The number of rotatable bonds is 7. The van der Waals surface area contributed by atoms with E-state index in [9.17, 15) is 0 Å². The van der Waals surface area contributed by atoms with Crippen LogP contribution in [-0.4, -0.2) is 16.6 Å². The lowest BCUT2D eigenvalue weighted by Crippen LogP contribution is -2.02. The van der Waals surface area contributed by atoms with E-state index in [2.05, 4.69) is 11.9 Å². The van der Waals surface area contributed by atoms with Crippen molar-refractivity contribution >= 4 is 23.2 Å². The van der Waals surface area contributed by atoms with Crippen molar-refractivity contribution in [3.63, 3.8) is 0 Å². The molecule has 3 rings (SSSR count). The second-order valence-corrected chi connectivity index (χ2v) is 6.85. The second-order valence-electron chi connectivity index (χ2n) is 5.97. The van der Waals surface area contributed by atoms with E-state index in [1.165, 1.54) is 0 Å². The molecule has 0 fully saturated rings. The Hall–Kier alpha value is -2.10. The zero-order chi connectivity index (χ0) is 18.4. The smallest absolute Gasteiger partial charge is 0.232 e. The SMILES string of the molecule is CCCCCOc1cnc(-c2ccc(Cl)cc2)c(-c2ccc(Cl)cc2)n1. The van der Waals surface area contributed by atoms with Crippen molar-refractivity contribution in [2.75, 3.05) is 6.61 Å². The number of hydrogen-bond donors (Lipinski definition) is 0. The molecule has 0 unspecified atom stereocenters.